The molecular formula is C19H17F3N2O3. The van der Waals surface area contributed by atoms with Crippen LogP contribution in [0.4, 0.5) is 13.2 Å². The summed E-state index contributed by atoms with van der Waals surface area (Å²) in [5.41, 5.74) is -2.25. The molecule has 0 aromatic heterocycles. The first kappa shape index (κ1) is 18.9. The van der Waals surface area contributed by atoms with Gasteiger partial charge >= 0.3 is 6.18 Å². The normalized spacial score (nSPS) is 19.8. The minimum atomic E-state index is -5.08. The van der Waals surface area contributed by atoms with Gasteiger partial charge in [-0.3, -0.25) is 4.79 Å². The summed E-state index contributed by atoms with van der Waals surface area (Å²) in [6.45, 7) is 1.79. The second-order valence-corrected chi connectivity index (χ2v) is 6.25. The number of benzene rings is 2. The second kappa shape index (κ2) is 6.70. The molecule has 5 nitrogen and oxygen atoms in total. The molecule has 3 rings (SSSR count). The van der Waals surface area contributed by atoms with Crippen molar-refractivity contribution in [2.24, 2.45) is 5.10 Å². The Morgan fingerprint density at radius 2 is 1.74 bits per heavy atom. The van der Waals surface area contributed by atoms with Crippen molar-refractivity contribution in [1.29, 1.82) is 0 Å². The highest BCUT2D eigenvalue weighted by molar-refractivity contribution is 6.05. The van der Waals surface area contributed by atoms with E-state index in [-0.39, 0.29) is 16.3 Å². The lowest BCUT2D eigenvalue weighted by Gasteiger charge is -2.32. The van der Waals surface area contributed by atoms with E-state index >= 15 is 0 Å². The van der Waals surface area contributed by atoms with Gasteiger partial charge in [0.15, 0.2) is 0 Å². The van der Waals surface area contributed by atoms with Crippen molar-refractivity contribution in [3.8, 4) is 5.75 Å². The number of hydrogen-bond donors (Lipinski definition) is 1. The van der Waals surface area contributed by atoms with Gasteiger partial charge in [-0.25, -0.2) is 0 Å². The minimum Gasteiger partial charge on any atom is -0.497 e. The maximum atomic E-state index is 13.6. The summed E-state index contributed by atoms with van der Waals surface area (Å²) in [6, 6.07) is 12.2. The van der Waals surface area contributed by atoms with E-state index in [1.165, 1.54) is 31.4 Å². The minimum absolute atomic E-state index is 0.00278. The fourth-order valence-corrected chi connectivity index (χ4v) is 2.74. The van der Waals surface area contributed by atoms with E-state index in [2.05, 4.69) is 5.10 Å². The van der Waals surface area contributed by atoms with E-state index in [9.17, 15) is 23.1 Å². The number of amides is 1. The SMILES string of the molecule is COc1ccc(C2=NN(C(=O)c3ccc(C)cc3)[C@@](O)(C(F)(F)F)C2)cc1. The van der Waals surface area contributed by atoms with Crippen molar-refractivity contribution in [2.75, 3.05) is 7.11 Å². The van der Waals surface area contributed by atoms with Crippen LogP contribution < -0.4 is 4.74 Å². The summed E-state index contributed by atoms with van der Waals surface area (Å²) in [6.07, 6.45) is -5.94. The molecule has 0 spiro atoms. The van der Waals surface area contributed by atoms with E-state index in [0.717, 1.165) is 5.56 Å². The van der Waals surface area contributed by atoms with E-state index in [1.807, 2.05) is 0 Å². The Balaban J connectivity index is 2.01. The van der Waals surface area contributed by atoms with Gasteiger partial charge < -0.3 is 9.84 Å². The number of aryl methyl sites for hydroxylation is 1. The highest BCUT2D eigenvalue weighted by Gasteiger charge is 2.63. The molecule has 1 amide bonds. The van der Waals surface area contributed by atoms with Gasteiger partial charge in [-0.2, -0.15) is 23.3 Å². The Bertz CT molecular complexity index is 877. The molecule has 1 aliphatic heterocycles. The van der Waals surface area contributed by atoms with Gasteiger partial charge in [0.25, 0.3) is 11.6 Å². The van der Waals surface area contributed by atoms with Crippen molar-refractivity contribution >= 4 is 11.6 Å². The van der Waals surface area contributed by atoms with Crippen LogP contribution in [0.2, 0.25) is 0 Å². The monoisotopic (exact) mass is 378 g/mol. The number of alkyl halides is 3. The number of nitrogens with zero attached hydrogens (tertiary/aromatic N) is 2. The molecule has 0 unspecified atom stereocenters. The van der Waals surface area contributed by atoms with Crippen molar-refractivity contribution < 1.29 is 27.8 Å². The second-order valence-electron chi connectivity index (χ2n) is 6.25. The number of hydrazone groups is 1. The summed E-state index contributed by atoms with van der Waals surface area (Å²) in [5, 5.41) is 14.3. The summed E-state index contributed by atoms with van der Waals surface area (Å²) >= 11 is 0. The summed E-state index contributed by atoms with van der Waals surface area (Å²) in [4.78, 5) is 12.6. The highest BCUT2D eigenvalue weighted by atomic mass is 19.4. The van der Waals surface area contributed by atoms with Crippen LogP contribution in [-0.4, -0.2) is 40.7 Å². The van der Waals surface area contributed by atoms with Crippen LogP contribution in [0, 0.1) is 6.92 Å². The number of aliphatic hydroxyl groups is 1. The number of rotatable bonds is 3. The van der Waals surface area contributed by atoms with E-state index in [1.54, 1.807) is 31.2 Å². The van der Waals surface area contributed by atoms with Crippen molar-refractivity contribution in [3.63, 3.8) is 0 Å². The summed E-state index contributed by atoms with van der Waals surface area (Å²) in [5.74, 6) is -0.505. The highest BCUT2D eigenvalue weighted by Crippen LogP contribution is 2.42. The number of ether oxygens (including phenoxy) is 1. The predicted octanol–water partition coefficient (Wildman–Crippen LogP) is 3.50. The van der Waals surface area contributed by atoms with Gasteiger partial charge in [0.2, 0.25) is 0 Å². The lowest BCUT2D eigenvalue weighted by Crippen LogP contribution is -2.56. The summed E-state index contributed by atoms with van der Waals surface area (Å²) < 4.78 is 45.8. The van der Waals surface area contributed by atoms with Gasteiger partial charge in [0.05, 0.1) is 19.2 Å². The first-order chi connectivity index (χ1) is 12.7. The molecule has 0 saturated carbocycles. The quantitative estimate of drug-likeness (QED) is 0.889. The van der Waals surface area contributed by atoms with Crippen molar-refractivity contribution in [2.45, 2.75) is 25.2 Å². The Hall–Kier alpha value is -2.87. The molecule has 1 heterocycles. The predicted molar refractivity (Wildman–Crippen MR) is 92.5 cm³/mol. The van der Waals surface area contributed by atoms with Gasteiger partial charge in [-0.05, 0) is 48.9 Å². The first-order valence-corrected chi connectivity index (χ1v) is 8.08. The Morgan fingerprint density at radius 1 is 1.15 bits per heavy atom. The standard InChI is InChI=1S/C19H17F3N2O3/c1-12-3-5-14(6-4-12)17(25)24-18(26,19(20,21)22)11-16(23-24)13-7-9-15(27-2)10-8-13/h3-10,26H,11H2,1-2H3/t18-/m0/s1. The molecule has 8 heteroatoms. The number of halogens is 3. The Kier molecular flexibility index (Phi) is 4.69. The molecule has 0 fully saturated rings. The third-order valence-corrected chi connectivity index (χ3v) is 4.35. The summed E-state index contributed by atoms with van der Waals surface area (Å²) in [7, 11) is 1.46. The van der Waals surface area contributed by atoms with Gasteiger partial charge in [0.1, 0.15) is 5.75 Å². The molecule has 1 aliphatic rings. The molecule has 1 N–H and O–H groups in total. The molecule has 0 aliphatic carbocycles. The molecule has 0 radical (unpaired) electrons. The number of hydrogen-bond acceptors (Lipinski definition) is 4. The first-order valence-electron chi connectivity index (χ1n) is 8.08. The molecule has 2 aromatic rings. The molecular weight excluding hydrogens is 361 g/mol. The largest absolute Gasteiger partial charge is 0.497 e. The lowest BCUT2D eigenvalue weighted by molar-refractivity contribution is -0.297. The van der Waals surface area contributed by atoms with E-state index in [0.29, 0.717) is 11.3 Å². The zero-order valence-electron chi connectivity index (χ0n) is 14.6. The van der Waals surface area contributed by atoms with E-state index < -0.39 is 24.2 Å². The lowest BCUT2D eigenvalue weighted by atomic mass is 10.0. The maximum Gasteiger partial charge on any atom is 0.438 e. The Morgan fingerprint density at radius 3 is 2.26 bits per heavy atom. The fourth-order valence-electron chi connectivity index (χ4n) is 2.74. The molecule has 0 bridgehead atoms. The molecule has 1 atom stereocenters. The maximum absolute atomic E-state index is 13.6. The van der Waals surface area contributed by atoms with Crippen molar-refractivity contribution in [3.05, 3.63) is 65.2 Å². The van der Waals surface area contributed by atoms with Crippen molar-refractivity contribution in [1.82, 2.24) is 5.01 Å². The third-order valence-electron chi connectivity index (χ3n) is 4.35. The van der Waals surface area contributed by atoms with Crippen LogP contribution >= 0.6 is 0 Å². The fraction of sp³-hybridized carbons (Fsp3) is 0.263. The average Bonchev–Trinajstić information content (AvgIpc) is 3.01. The molecule has 2 aromatic carbocycles. The van der Waals surface area contributed by atoms with Crippen LogP contribution in [0.15, 0.2) is 53.6 Å². The zero-order valence-corrected chi connectivity index (χ0v) is 14.6. The van der Waals surface area contributed by atoms with Crippen LogP contribution in [0.5, 0.6) is 5.75 Å². The molecule has 142 valence electrons. The number of carbonyl (C=O) groups is 1. The smallest absolute Gasteiger partial charge is 0.438 e. The topological polar surface area (TPSA) is 62.1 Å². The molecule has 27 heavy (non-hydrogen) atoms. The molecule has 0 saturated heterocycles. The zero-order chi connectivity index (χ0) is 19.8. The van der Waals surface area contributed by atoms with Crippen LogP contribution in [0.3, 0.4) is 0 Å². The number of carbonyl (C=O) groups excluding carboxylic acids is 1. The van der Waals surface area contributed by atoms with Gasteiger partial charge in [-0.1, -0.05) is 17.7 Å². The van der Waals surface area contributed by atoms with E-state index in [4.69, 9.17) is 4.74 Å². The van der Waals surface area contributed by atoms with Crippen LogP contribution in [-0.2, 0) is 0 Å². The third kappa shape index (κ3) is 3.40. The van der Waals surface area contributed by atoms with Crippen LogP contribution in [0.25, 0.3) is 0 Å². The van der Waals surface area contributed by atoms with Gasteiger partial charge in [-0.15, -0.1) is 0 Å². The average molecular weight is 378 g/mol. The number of methoxy groups -OCH3 is 1. The Labute approximate surface area is 153 Å². The van der Waals surface area contributed by atoms with Gasteiger partial charge in [0, 0.05) is 5.56 Å². The van der Waals surface area contributed by atoms with Crippen LogP contribution in [0.1, 0.15) is 27.9 Å².